The van der Waals surface area contributed by atoms with Gasteiger partial charge in [0.25, 0.3) is 0 Å². The van der Waals surface area contributed by atoms with E-state index in [0.29, 0.717) is 0 Å². The fourth-order valence-corrected chi connectivity index (χ4v) is 3.69. The minimum absolute atomic E-state index is 0.838. The molecule has 130 valence electrons. The van der Waals surface area contributed by atoms with Gasteiger partial charge in [-0.3, -0.25) is 11.3 Å². The molecular weight excluding hydrogens is 340 g/mol. The monoisotopic (exact) mass is 364 g/mol. The van der Waals surface area contributed by atoms with E-state index in [-0.39, 0.29) is 0 Å². The topological polar surface area (TPSA) is 78.0 Å². The Morgan fingerprint density at radius 2 is 1.88 bits per heavy atom. The second-order valence-corrected chi connectivity index (χ2v) is 7.86. The summed E-state index contributed by atoms with van der Waals surface area (Å²) in [6.07, 6.45) is 6.02. The van der Waals surface area contributed by atoms with Crippen LogP contribution < -0.4 is 16.6 Å². The fourth-order valence-electron chi connectivity index (χ4n) is 1.86. The van der Waals surface area contributed by atoms with Crippen LogP contribution in [0.3, 0.4) is 0 Å². The lowest BCUT2D eigenvalue weighted by molar-refractivity contribution is 0.501. The third kappa shape index (κ3) is 7.39. The van der Waals surface area contributed by atoms with E-state index in [0.717, 1.165) is 48.2 Å². The molecule has 0 atom stereocenters. The molecule has 2 rings (SSSR count). The summed E-state index contributed by atoms with van der Waals surface area (Å²) >= 11 is 0. The molecule has 4 N–H and O–H groups in total. The molecule has 0 unspecified atom stereocenters. The van der Waals surface area contributed by atoms with Gasteiger partial charge in [-0.2, -0.15) is 10.2 Å². The van der Waals surface area contributed by atoms with E-state index in [4.69, 9.17) is 5.84 Å². The number of nitrogens with zero attached hydrogens (tertiary/aromatic N) is 3. The lowest BCUT2D eigenvalue weighted by atomic mass is 10.3. The normalized spacial score (nSPS) is 14.2. The van der Waals surface area contributed by atoms with Crippen LogP contribution in [0.25, 0.3) is 0 Å². The summed E-state index contributed by atoms with van der Waals surface area (Å²) in [5.41, 5.74) is 5.50. The first-order chi connectivity index (χ1) is 11.8. The first-order valence-electron chi connectivity index (χ1n) is 7.80. The van der Waals surface area contributed by atoms with Crippen molar-refractivity contribution >= 4 is 33.0 Å². The molecule has 24 heavy (non-hydrogen) atoms. The van der Waals surface area contributed by atoms with Crippen LogP contribution in [-0.2, 0) is 0 Å². The van der Waals surface area contributed by atoms with E-state index >= 15 is 0 Å². The Hall–Kier alpha value is -1.48. The molecule has 1 aliphatic heterocycles. The van der Waals surface area contributed by atoms with Gasteiger partial charge in [-0.05, 0) is 36.4 Å². The zero-order valence-electron chi connectivity index (χ0n) is 13.8. The number of anilines is 1. The Kier molecular flexibility index (Phi) is 8.75. The summed E-state index contributed by atoms with van der Waals surface area (Å²) < 4.78 is 0. The van der Waals surface area contributed by atoms with Crippen LogP contribution in [0, 0.1) is 0 Å². The van der Waals surface area contributed by atoms with E-state index in [1.165, 1.54) is 0 Å². The van der Waals surface area contributed by atoms with Gasteiger partial charge in [-0.1, -0.05) is 21.6 Å². The van der Waals surface area contributed by atoms with Crippen molar-refractivity contribution in [3.05, 3.63) is 48.3 Å². The van der Waals surface area contributed by atoms with Crippen LogP contribution in [0.2, 0.25) is 0 Å². The van der Waals surface area contributed by atoms with Gasteiger partial charge >= 0.3 is 0 Å². The Labute approximate surface area is 151 Å². The van der Waals surface area contributed by atoms with Crippen molar-refractivity contribution in [1.82, 2.24) is 10.3 Å². The van der Waals surface area contributed by atoms with Crippen molar-refractivity contribution in [2.75, 3.05) is 43.5 Å². The van der Waals surface area contributed by atoms with Crippen molar-refractivity contribution in [2.45, 2.75) is 0 Å². The average Bonchev–Trinajstić information content (AvgIpc) is 2.61. The van der Waals surface area contributed by atoms with Crippen molar-refractivity contribution in [2.24, 2.45) is 16.1 Å². The zero-order chi connectivity index (χ0) is 17.0. The van der Waals surface area contributed by atoms with Crippen molar-refractivity contribution in [3.63, 3.8) is 0 Å². The van der Waals surface area contributed by atoms with Crippen LogP contribution >= 0.6 is 21.6 Å². The molecule has 0 saturated carbocycles. The molecule has 0 aromatic heterocycles. The second-order valence-electron chi connectivity index (χ2n) is 5.16. The van der Waals surface area contributed by atoms with Crippen LogP contribution in [0.15, 0.2) is 58.5 Å². The first kappa shape index (κ1) is 18.9. The number of benzene rings is 1. The third-order valence-corrected chi connectivity index (χ3v) is 5.57. The van der Waals surface area contributed by atoms with Crippen molar-refractivity contribution in [3.8, 4) is 0 Å². The Morgan fingerprint density at radius 3 is 2.54 bits per heavy atom. The largest absolute Gasteiger partial charge is 0.384 e. The van der Waals surface area contributed by atoms with E-state index in [2.05, 4.69) is 31.9 Å². The molecule has 8 heteroatoms. The predicted molar refractivity (Wildman–Crippen MR) is 106 cm³/mol. The average molecular weight is 365 g/mol. The summed E-state index contributed by atoms with van der Waals surface area (Å²) in [6.45, 7) is 2.64. The van der Waals surface area contributed by atoms with Gasteiger partial charge < -0.3 is 10.2 Å². The highest BCUT2D eigenvalue weighted by atomic mass is 33.1. The number of nitrogens with two attached hydrogens (primary N) is 1. The van der Waals surface area contributed by atoms with E-state index in [9.17, 15) is 0 Å². The molecule has 1 aromatic carbocycles. The van der Waals surface area contributed by atoms with Gasteiger partial charge in [0.2, 0.25) is 0 Å². The van der Waals surface area contributed by atoms with Crippen LogP contribution in [0.1, 0.15) is 0 Å². The van der Waals surface area contributed by atoms with Gasteiger partial charge in [-0.15, -0.1) is 0 Å². The minimum atomic E-state index is 0.838. The number of azo groups is 1. The molecule has 0 saturated heterocycles. The Bertz CT molecular complexity index is 570. The summed E-state index contributed by atoms with van der Waals surface area (Å²) in [5.74, 6) is 7.28. The smallest absolute Gasteiger partial charge is 0.0858 e. The number of likely N-dealkylation sites (N-methyl/N-ethyl adjacent to an activating group) is 1. The molecule has 0 amide bonds. The van der Waals surface area contributed by atoms with Gasteiger partial charge in [0, 0.05) is 50.1 Å². The number of hydrazine groups is 1. The highest BCUT2D eigenvalue weighted by molar-refractivity contribution is 8.76. The summed E-state index contributed by atoms with van der Waals surface area (Å²) in [4.78, 5) is 2.09. The number of hydrogen-bond donors (Lipinski definition) is 3. The fraction of sp³-hybridized carbons (Fsp3) is 0.375. The van der Waals surface area contributed by atoms with Gasteiger partial charge in [0.15, 0.2) is 0 Å². The van der Waals surface area contributed by atoms with E-state index in [1.54, 1.807) is 0 Å². The van der Waals surface area contributed by atoms with Gasteiger partial charge in [-0.25, -0.2) is 0 Å². The van der Waals surface area contributed by atoms with Crippen molar-refractivity contribution < 1.29 is 0 Å². The van der Waals surface area contributed by atoms with Crippen LogP contribution in [0.5, 0.6) is 0 Å². The quantitative estimate of drug-likeness (QED) is 0.194. The summed E-state index contributed by atoms with van der Waals surface area (Å²) in [7, 11) is 5.71. The molecule has 0 aliphatic carbocycles. The second kappa shape index (κ2) is 11.1. The maximum atomic E-state index is 5.22. The van der Waals surface area contributed by atoms with E-state index in [1.807, 2.05) is 65.2 Å². The number of hydrogen-bond acceptors (Lipinski definition) is 8. The maximum absolute atomic E-state index is 5.22. The standard InChI is InChI=1S/C16H24N6S2/c1-22-10-6-16(7-11-22)21-20-15-4-2-14(3-5-15)18-8-12-23-24-13-9-19-17/h2-7,10,18-19H,8-9,11-13,17H2,1H3. The lowest BCUT2D eigenvalue weighted by Gasteiger charge is -2.14. The first-order valence-corrected chi connectivity index (χ1v) is 10.3. The van der Waals surface area contributed by atoms with Gasteiger partial charge in [0.1, 0.15) is 0 Å². The molecular formula is C16H24N6S2. The molecule has 0 radical (unpaired) electrons. The summed E-state index contributed by atoms with van der Waals surface area (Å²) in [6, 6.07) is 8.01. The van der Waals surface area contributed by atoms with Crippen molar-refractivity contribution in [1.29, 1.82) is 0 Å². The molecule has 0 bridgehead atoms. The number of nitrogens with one attached hydrogen (secondary N) is 2. The molecule has 0 spiro atoms. The highest BCUT2D eigenvalue weighted by Gasteiger charge is 1.99. The molecule has 1 aliphatic rings. The Balaban J connectivity index is 1.68. The molecule has 6 nitrogen and oxygen atoms in total. The third-order valence-electron chi connectivity index (χ3n) is 3.16. The predicted octanol–water partition coefficient (Wildman–Crippen LogP) is 3.37. The SMILES string of the molecule is CN1C=CC(N=Nc2ccc(NCCSSCCNN)cc2)=CC1. The van der Waals surface area contributed by atoms with Gasteiger partial charge in [0.05, 0.1) is 11.4 Å². The Morgan fingerprint density at radius 1 is 1.12 bits per heavy atom. The lowest BCUT2D eigenvalue weighted by Crippen LogP contribution is -2.24. The zero-order valence-corrected chi connectivity index (χ0v) is 15.4. The molecule has 0 fully saturated rings. The minimum Gasteiger partial charge on any atom is -0.384 e. The van der Waals surface area contributed by atoms with E-state index < -0.39 is 0 Å². The maximum Gasteiger partial charge on any atom is 0.0858 e. The number of rotatable bonds is 10. The van der Waals surface area contributed by atoms with Crippen LogP contribution in [0.4, 0.5) is 11.4 Å². The molecule has 1 heterocycles. The van der Waals surface area contributed by atoms with Crippen LogP contribution in [-0.4, -0.2) is 43.1 Å². The molecule has 1 aromatic rings. The summed E-state index contributed by atoms with van der Waals surface area (Å²) in [5, 5.41) is 11.9. The highest BCUT2D eigenvalue weighted by Crippen LogP contribution is 2.21. The number of allylic oxidation sites excluding steroid dienone is 1.